The first-order chi connectivity index (χ1) is 20.5. The van der Waals surface area contributed by atoms with Crippen molar-refractivity contribution in [3.8, 4) is 22.0 Å². The van der Waals surface area contributed by atoms with E-state index in [9.17, 15) is 4.79 Å². The molecule has 6 rings (SSSR count). The SMILES string of the molecule is CCc1cc(-c2nc(-c3cc(C(=O)N4CCN(Cc5ccccc5)CC4)c(C)n3Cc3cccc(Cl)c3)cs2)ccn1. The van der Waals surface area contributed by atoms with E-state index in [0.717, 1.165) is 70.5 Å². The summed E-state index contributed by atoms with van der Waals surface area (Å²) < 4.78 is 2.20. The van der Waals surface area contributed by atoms with E-state index in [2.05, 4.69) is 63.2 Å². The molecule has 1 aliphatic rings. The lowest BCUT2D eigenvalue weighted by Crippen LogP contribution is -2.48. The topological polar surface area (TPSA) is 54.3 Å². The number of carbonyl (C=O) groups is 1. The van der Waals surface area contributed by atoms with Crippen molar-refractivity contribution in [1.82, 2.24) is 24.3 Å². The summed E-state index contributed by atoms with van der Waals surface area (Å²) in [6.45, 7) is 8.79. The summed E-state index contributed by atoms with van der Waals surface area (Å²) >= 11 is 7.95. The van der Waals surface area contributed by atoms with E-state index in [-0.39, 0.29) is 5.91 Å². The molecule has 3 aromatic heterocycles. The van der Waals surface area contributed by atoms with Crippen molar-refractivity contribution in [2.45, 2.75) is 33.4 Å². The number of hydrogen-bond acceptors (Lipinski definition) is 5. The third kappa shape index (κ3) is 6.19. The fourth-order valence-corrected chi connectivity index (χ4v) is 6.57. The van der Waals surface area contributed by atoms with Gasteiger partial charge in [-0.3, -0.25) is 14.7 Å². The zero-order valence-electron chi connectivity index (χ0n) is 24.0. The average molecular weight is 596 g/mol. The smallest absolute Gasteiger partial charge is 0.255 e. The van der Waals surface area contributed by atoms with Crippen LogP contribution in [-0.4, -0.2) is 56.4 Å². The van der Waals surface area contributed by atoms with Crippen LogP contribution in [0.3, 0.4) is 0 Å². The highest BCUT2D eigenvalue weighted by Crippen LogP contribution is 2.33. The first-order valence-corrected chi connectivity index (χ1v) is 15.7. The molecule has 0 bridgehead atoms. The molecule has 0 unspecified atom stereocenters. The molecule has 4 heterocycles. The van der Waals surface area contributed by atoms with Gasteiger partial charge in [0.05, 0.1) is 17.0 Å². The Bertz CT molecular complexity index is 1690. The maximum atomic E-state index is 13.9. The number of pyridine rings is 1. The Hall–Kier alpha value is -3.78. The van der Waals surface area contributed by atoms with Gasteiger partial charge < -0.3 is 9.47 Å². The lowest BCUT2D eigenvalue weighted by atomic mass is 10.1. The molecule has 42 heavy (non-hydrogen) atoms. The Morgan fingerprint density at radius 3 is 2.48 bits per heavy atom. The molecule has 0 N–H and O–H groups in total. The van der Waals surface area contributed by atoms with E-state index >= 15 is 0 Å². The van der Waals surface area contributed by atoms with Crippen LogP contribution in [0, 0.1) is 6.92 Å². The minimum absolute atomic E-state index is 0.0788. The molecule has 6 nitrogen and oxygen atoms in total. The maximum absolute atomic E-state index is 13.9. The largest absolute Gasteiger partial charge is 0.338 e. The molecular weight excluding hydrogens is 562 g/mol. The van der Waals surface area contributed by atoms with E-state index in [1.807, 2.05) is 54.4 Å². The number of carbonyl (C=O) groups excluding carboxylic acids is 1. The van der Waals surface area contributed by atoms with Gasteiger partial charge in [-0.15, -0.1) is 11.3 Å². The van der Waals surface area contributed by atoms with Crippen molar-refractivity contribution in [3.05, 3.63) is 117 Å². The lowest BCUT2D eigenvalue weighted by molar-refractivity contribution is 0.0627. The van der Waals surface area contributed by atoms with Gasteiger partial charge in [0, 0.05) is 72.8 Å². The summed E-state index contributed by atoms with van der Waals surface area (Å²) in [5.74, 6) is 0.0788. The molecule has 0 saturated carbocycles. The normalized spacial score (nSPS) is 13.9. The van der Waals surface area contributed by atoms with E-state index in [1.165, 1.54) is 5.56 Å². The lowest BCUT2D eigenvalue weighted by Gasteiger charge is -2.34. The second-order valence-electron chi connectivity index (χ2n) is 10.7. The maximum Gasteiger partial charge on any atom is 0.255 e. The van der Waals surface area contributed by atoms with E-state index in [1.54, 1.807) is 11.3 Å². The number of aromatic nitrogens is 3. The second kappa shape index (κ2) is 12.6. The Morgan fingerprint density at radius 2 is 1.71 bits per heavy atom. The molecule has 1 aliphatic heterocycles. The van der Waals surface area contributed by atoms with Gasteiger partial charge >= 0.3 is 0 Å². The quantitative estimate of drug-likeness (QED) is 0.190. The minimum Gasteiger partial charge on any atom is -0.338 e. The molecule has 214 valence electrons. The van der Waals surface area contributed by atoms with E-state index in [4.69, 9.17) is 16.6 Å². The van der Waals surface area contributed by atoms with Crippen molar-refractivity contribution >= 4 is 28.8 Å². The molecule has 0 spiro atoms. The standard InChI is InChI=1S/C34H34ClN5OS/c1-3-29-19-27(12-13-36-29)33-37-31(23-42-33)32-20-30(24(2)40(32)22-26-10-7-11-28(35)18-26)34(41)39-16-14-38(15-17-39)21-25-8-5-4-6-9-25/h4-13,18-20,23H,3,14-17,21-22H2,1-2H3. The van der Waals surface area contributed by atoms with Crippen LogP contribution in [-0.2, 0) is 19.5 Å². The van der Waals surface area contributed by atoms with Crippen LogP contribution in [0.1, 0.15) is 39.8 Å². The molecule has 1 amide bonds. The van der Waals surface area contributed by atoms with Crippen molar-refractivity contribution < 1.29 is 4.79 Å². The van der Waals surface area contributed by atoms with Crippen LogP contribution in [0.4, 0.5) is 0 Å². The zero-order valence-corrected chi connectivity index (χ0v) is 25.5. The summed E-state index contributed by atoms with van der Waals surface area (Å²) in [5, 5.41) is 3.72. The van der Waals surface area contributed by atoms with Crippen molar-refractivity contribution in [2.24, 2.45) is 0 Å². The third-order valence-electron chi connectivity index (χ3n) is 7.93. The van der Waals surface area contributed by atoms with Gasteiger partial charge in [0.2, 0.25) is 0 Å². The van der Waals surface area contributed by atoms with Crippen LogP contribution in [0.25, 0.3) is 22.0 Å². The number of thiazole rings is 1. The Labute approximate surface area is 256 Å². The summed E-state index contributed by atoms with van der Waals surface area (Å²) in [6, 6.07) is 24.5. The summed E-state index contributed by atoms with van der Waals surface area (Å²) in [5.41, 5.74) is 7.95. The molecule has 0 radical (unpaired) electrons. The predicted octanol–water partition coefficient (Wildman–Crippen LogP) is 7.20. The summed E-state index contributed by atoms with van der Waals surface area (Å²) in [4.78, 5) is 27.8. The number of piperazine rings is 1. The van der Waals surface area contributed by atoms with Gasteiger partial charge in [-0.05, 0) is 54.8 Å². The summed E-state index contributed by atoms with van der Waals surface area (Å²) in [6.07, 6.45) is 2.72. The zero-order chi connectivity index (χ0) is 29.1. The van der Waals surface area contributed by atoms with Gasteiger partial charge in [0.25, 0.3) is 5.91 Å². The number of hydrogen-bond donors (Lipinski definition) is 0. The molecular formula is C34H34ClN5OS. The molecule has 0 atom stereocenters. The van der Waals surface area contributed by atoms with E-state index in [0.29, 0.717) is 24.7 Å². The van der Waals surface area contributed by atoms with Gasteiger partial charge in [0.1, 0.15) is 5.01 Å². The second-order valence-corrected chi connectivity index (χ2v) is 12.0. The number of amides is 1. The van der Waals surface area contributed by atoms with Crippen molar-refractivity contribution in [2.75, 3.05) is 26.2 Å². The van der Waals surface area contributed by atoms with Crippen molar-refractivity contribution in [1.29, 1.82) is 0 Å². The van der Waals surface area contributed by atoms with E-state index < -0.39 is 0 Å². The van der Waals surface area contributed by atoms with Crippen molar-refractivity contribution in [3.63, 3.8) is 0 Å². The highest BCUT2D eigenvalue weighted by Gasteiger charge is 2.27. The van der Waals surface area contributed by atoms with Gasteiger partial charge in [-0.25, -0.2) is 4.98 Å². The molecule has 8 heteroatoms. The molecule has 1 saturated heterocycles. The third-order valence-corrected chi connectivity index (χ3v) is 9.05. The van der Waals surface area contributed by atoms with Crippen LogP contribution < -0.4 is 0 Å². The minimum atomic E-state index is 0.0788. The average Bonchev–Trinajstić information content (AvgIpc) is 3.63. The molecule has 5 aromatic rings. The monoisotopic (exact) mass is 595 g/mol. The van der Waals surface area contributed by atoms with Gasteiger partial charge in [-0.2, -0.15) is 0 Å². The van der Waals surface area contributed by atoms with Crippen LogP contribution in [0.5, 0.6) is 0 Å². The fourth-order valence-electron chi connectivity index (χ4n) is 5.55. The number of rotatable bonds is 8. The first-order valence-electron chi connectivity index (χ1n) is 14.4. The number of halogens is 1. The van der Waals surface area contributed by atoms with Gasteiger partial charge in [0.15, 0.2) is 0 Å². The Kier molecular flexibility index (Phi) is 8.51. The number of nitrogens with zero attached hydrogens (tertiary/aromatic N) is 5. The fraction of sp³-hybridized carbons (Fsp3) is 0.265. The van der Waals surface area contributed by atoms with Crippen LogP contribution >= 0.6 is 22.9 Å². The molecule has 0 aliphatic carbocycles. The number of benzene rings is 2. The highest BCUT2D eigenvalue weighted by atomic mass is 35.5. The van der Waals surface area contributed by atoms with Gasteiger partial charge in [-0.1, -0.05) is 61.0 Å². The molecule has 2 aromatic carbocycles. The highest BCUT2D eigenvalue weighted by molar-refractivity contribution is 7.13. The number of aryl methyl sites for hydroxylation is 1. The summed E-state index contributed by atoms with van der Waals surface area (Å²) in [7, 11) is 0. The Balaban J connectivity index is 1.28. The van der Waals surface area contributed by atoms with Crippen LogP contribution in [0.2, 0.25) is 5.02 Å². The predicted molar refractivity (Wildman–Crippen MR) is 171 cm³/mol. The first kappa shape index (κ1) is 28.3. The van der Waals surface area contributed by atoms with Crippen LogP contribution in [0.15, 0.2) is 84.4 Å². The Morgan fingerprint density at radius 1 is 0.929 bits per heavy atom. The molecule has 1 fully saturated rings.